The van der Waals surface area contributed by atoms with Gasteiger partial charge in [0, 0.05) is 29.3 Å². The van der Waals surface area contributed by atoms with Gasteiger partial charge in [0.05, 0.1) is 17.6 Å². The molecule has 0 saturated heterocycles. The van der Waals surface area contributed by atoms with Crippen LogP contribution in [0.25, 0.3) is 21.9 Å². The molecule has 1 atom stereocenters. The van der Waals surface area contributed by atoms with Gasteiger partial charge >= 0.3 is 0 Å². The maximum atomic E-state index is 11.1. The number of rotatable bonds is 5. The van der Waals surface area contributed by atoms with Crippen LogP contribution in [0.3, 0.4) is 0 Å². The summed E-state index contributed by atoms with van der Waals surface area (Å²) in [4.78, 5) is 11.1. The highest BCUT2D eigenvalue weighted by Crippen LogP contribution is 2.33. The van der Waals surface area contributed by atoms with Gasteiger partial charge in [-0.15, -0.1) is 0 Å². The third-order valence-corrected chi connectivity index (χ3v) is 4.57. The van der Waals surface area contributed by atoms with E-state index in [2.05, 4.69) is 27.9 Å². The third-order valence-electron chi connectivity index (χ3n) is 4.57. The topological polar surface area (TPSA) is 73.9 Å². The van der Waals surface area contributed by atoms with E-state index in [1.807, 2.05) is 43.5 Å². The van der Waals surface area contributed by atoms with Gasteiger partial charge in [0.2, 0.25) is 0 Å². The number of nitrogens with one attached hydrogen (secondary N) is 2. The lowest BCUT2D eigenvalue weighted by Gasteiger charge is -2.17. The van der Waals surface area contributed by atoms with Crippen molar-refractivity contribution < 1.29 is 9.84 Å². The number of ether oxygens (including phenoxy) is 1. The lowest BCUT2D eigenvalue weighted by molar-refractivity contribution is 0.130. The average Bonchev–Trinajstić information content (AvgIpc) is 3.26. The van der Waals surface area contributed by atoms with Gasteiger partial charge in [0.15, 0.2) is 0 Å². The Labute approximate surface area is 145 Å². The van der Waals surface area contributed by atoms with Crippen LogP contribution in [0.5, 0.6) is 0 Å². The largest absolute Gasteiger partial charge is 0.380 e. The molecule has 4 rings (SSSR count). The summed E-state index contributed by atoms with van der Waals surface area (Å²) in [6.07, 6.45) is 1.05. The molecule has 0 aliphatic heterocycles. The lowest BCUT2D eigenvalue weighted by atomic mass is 9.95. The molecule has 0 fully saturated rings. The van der Waals surface area contributed by atoms with Gasteiger partial charge in [0.25, 0.3) is 0 Å². The Balaban J connectivity index is 1.88. The van der Waals surface area contributed by atoms with Gasteiger partial charge in [-0.05, 0) is 43.2 Å². The summed E-state index contributed by atoms with van der Waals surface area (Å²) in [5, 5.41) is 12.1. The molecule has 2 heterocycles. The predicted molar refractivity (Wildman–Crippen MR) is 98.5 cm³/mol. The summed E-state index contributed by atoms with van der Waals surface area (Å²) in [6, 6.07) is 11.9. The van der Waals surface area contributed by atoms with Gasteiger partial charge < -0.3 is 19.8 Å². The molecule has 3 N–H and O–H groups in total. The number of aryl methyl sites for hydroxylation is 1. The van der Waals surface area contributed by atoms with Crippen LogP contribution in [0.2, 0.25) is 0 Å². The molecule has 5 nitrogen and oxygen atoms in total. The summed E-state index contributed by atoms with van der Waals surface area (Å²) in [5.74, 6) is 0.547. The molecular weight excluding hydrogens is 314 g/mol. The molecule has 0 aliphatic rings. The van der Waals surface area contributed by atoms with Crippen molar-refractivity contribution >= 4 is 21.9 Å². The van der Waals surface area contributed by atoms with Gasteiger partial charge in [-0.25, -0.2) is 4.98 Å². The molecule has 2 aromatic heterocycles. The van der Waals surface area contributed by atoms with E-state index < -0.39 is 6.10 Å². The fraction of sp³-hybridized carbons (Fsp3) is 0.250. The zero-order valence-corrected chi connectivity index (χ0v) is 14.3. The van der Waals surface area contributed by atoms with E-state index in [1.165, 1.54) is 0 Å². The monoisotopic (exact) mass is 335 g/mol. The van der Waals surface area contributed by atoms with Crippen LogP contribution in [-0.2, 0) is 11.3 Å². The van der Waals surface area contributed by atoms with E-state index in [4.69, 9.17) is 4.74 Å². The number of aliphatic hydroxyl groups excluding tert-OH is 1. The number of aromatic amines is 2. The van der Waals surface area contributed by atoms with Gasteiger partial charge in [-0.2, -0.15) is 0 Å². The number of hydrogen-bond acceptors (Lipinski definition) is 3. The maximum Gasteiger partial charge on any atom is 0.140 e. The lowest BCUT2D eigenvalue weighted by Crippen LogP contribution is -2.08. The Kier molecular flexibility index (Phi) is 4.03. The SMILES string of the molecule is CCOCc1cc(C)c2[nH]ccc2c1C(O)c1nc2ccccc2[nH]1. The van der Waals surface area contributed by atoms with Crippen LogP contribution in [0, 0.1) is 6.92 Å². The number of benzene rings is 2. The first-order valence-electron chi connectivity index (χ1n) is 8.49. The molecule has 0 amide bonds. The van der Waals surface area contributed by atoms with Crippen LogP contribution in [0.1, 0.15) is 35.5 Å². The van der Waals surface area contributed by atoms with Crippen molar-refractivity contribution in [1.82, 2.24) is 15.0 Å². The number of nitrogens with zero attached hydrogens (tertiary/aromatic N) is 1. The number of imidazole rings is 1. The molecule has 5 heteroatoms. The van der Waals surface area contributed by atoms with Gasteiger partial charge in [0.1, 0.15) is 11.9 Å². The van der Waals surface area contributed by atoms with E-state index in [1.54, 1.807) is 0 Å². The van der Waals surface area contributed by atoms with E-state index in [0.29, 0.717) is 19.0 Å². The molecule has 0 aliphatic carbocycles. The molecule has 25 heavy (non-hydrogen) atoms. The molecule has 4 aromatic rings. The zero-order valence-electron chi connectivity index (χ0n) is 14.3. The van der Waals surface area contributed by atoms with Crippen molar-refractivity contribution in [1.29, 1.82) is 0 Å². The van der Waals surface area contributed by atoms with Crippen LogP contribution >= 0.6 is 0 Å². The van der Waals surface area contributed by atoms with Gasteiger partial charge in [-0.3, -0.25) is 0 Å². The van der Waals surface area contributed by atoms with Crippen molar-refractivity contribution in [3.8, 4) is 0 Å². The van der Waals surface area contributed by atoms with Crippen LogP contribution in [0.4, 0.5) is 0 Å². The number of H-pyrrole nitrogens is 2. The Morgan fingerprint density at radius 1 is 1.24 bits per heavy atom. The first-order chi connectivity index (χ1) is 12.2. The third kappa shape index (κ3) is 2.71. The molecule has 0 saturated carbocycles. The van der Waals surface area contributed by atoms with E-state index in [0.717, 1.165) is 38.6 Å². The Morgan fingerprint density at radius 3 is 2.88 bits per heavy atom. The summed E-state index contributed by atoms with van der Waals surface area (Å²) in [5.41, 5.74) is 5.76. The second-order valence-corrected chi connectivity index (χ2v) is 6.21. The molecule has 0 bridgehead atoms. The minimum absolute atomic E-state index is 0.463. The molecule has 2 aromatic carbocycles. The Bertz CT molecular complexity index is 999. The Morgan fingerprint density at radius 2 is 2.08 bits per heavy atom. The number of aliphatic hydroxyl groups is 1. The van der Waals surface area contributed by atoms with E-state index in [-0.39, 0.29) is 0 Å². The number of fused-ring (bicyclic) bond motifs is 2. The molecule has 0 spiro atoms. The average molecular weight is 335 g/mol. The highest BCUT2D eigenvalue weighted by molar-refractivity contribution is 5.88. The molecule has 0 radical (unpaired) electrons. The molecule has 1 unspecified atom stereocenters. The zero-order chi connectivity index (χ0) is 17.4. The van der Waals surface area contributed by atoms with Crippen molar-refractivity contribution in [2.75, 3.05) is 6.61 Å². The quantitative estimate of drug-likeness (QED) is 0.516. The fourth-order valence-electron chi connectivity index (χ4n) is 3.40. The summed E-state index contributed by atoms with van der Waals surface area (Å²) in [6.45, 7) is 5.12. The smallest absolute Gasteiger partial charge is 0.140 e. The first-order valence-corrected chi connectivity index (χ1v) is 8.49. The van der Waals surface area contributed by atoms with Crippen LogP contribution < -0.4 is 0 Å². The van der Waals surface area contributed by atoms with Crippen molar-refractivity contribution in [3.05, 3.63) is 65.1 Å². The Hall–Kier alpha value is -2.63. The standard InChI is InChI=1S/C20H21N3O2/c1-3-25-11-13-10-12(2)18-14(8-9-21-18)17(13)19(24)20-22-15-6-4-5-7-16(15)23-20/h4-10,19,21,24H,3,11H2,1-2H3,(H,22,23). The maximum absolute atomic E-state index is 11.1. The van der Waals surface area contributed by atoms with Crippen LogP contribution in [0.15, 0.2) is 42.6 Å². The van der Waals surface area contributed by atoms with Crippen LogP contribution in [-0.4, -0.2) is 26.7 Å². The fourth-order valence-corrected chi connectivity index (χ4v) is 3.40. The van der Waals surface area contributed by atoms with Crippen molar-refractivity contribution in [2.24, 2.45) is 0 Å². The van der Waals surface area contributed by atoms with E-state index in [9.17, 15) is 5.11 Å². The normalized spacial score (nSPS) is 12.9. The highest BCUT2D eigenvalue weighted by atomic mass is 16.5. The van der Waals surface area contributed by atoms with Crippen molar-refractivity contribution in [2.45, 2.75) is 26.6 Å². The van der Waals surface area contributed by atoms with Gasteiger partial charge in [-0.1, -0.05) is 18.2 Å². The minimum Gasteiger partial charge on any atom is -0.380 e. The minimum atomic E-state index is -0.846. The van der Waals surface area contributed by atoms with E-state index >= 15 is 0 Å². The highest BCUT2D eigenvalue weighted by Gasteiger charge is 2.22. The first kappa shape index (κ1) is 15.9. The molecular formula is C20H21N3O2. The second-order valence-electron chi connectivity index (χ2n) is 6.21. The summed E-state index contributed by atoms with van der Waals surface area (Å²) >= 11 is 0. The second kappa shape index (κ2) is 6.35. The number of para-hydroxylation sites is 2. The number of aromatic nitrogens is 3. The summed E-state index contributed by atoms with van der Waals surface area (Å²) in [7, 11) is 0. The predicted octanol–water partition coefficient (Wildman–Crippen LogP) is 3.97. The number of hydrogen-bond donors (Lipinski definition) is 3. The molecule has 128 valence electrons. The summed E-state index contributed by atoms with van der Waals surface area (Å²) < 4.78 is 5.63. The van der Waals surface area contributed by atoms with Crippen molar-refractivity contribution in [3.63, 3.8) is 0 Å².